The van der Waals surface area contributed by atoms with E-state index in [0.29, 0.717) is 18.7 Å². The Bertz CT molecular complexity index is 832. The number of hydrogen-bond acceptors (Lipinski definition) is 6. The van der Waals surface area contributed by atoms with Gasteiger partial charge in [0.1, 0.15) is 0 Å². The summed E-state index contributed by atoms with van der Waals surface area (Å²) in [4.78, 5) is 36.8. The van der Waals surface area contributed by atoms with Crippen molar-refractivity contribution in [3.63, 3.8) is 0 Å². The molecule has 0 radical (unpaired) electrons. The zero-order valence-corrected chi connectivity index (χ0v) is 17.6. The summed E-state index contributed by atoms with van der Waals surface area (Å²) in [6.07, 6.45) is 0. The molecule has 9 nitrogen and oxygen atoms in total. The second-order valence-corrected chi connectivity index (χ2v) is 8.15. The van der Waals surface area contributed by atoms with E-state index in [1.807, 2.05) is 0 Å². The zero-order chi connectivity index (χ0) is 21.5. The summed E-state index contributed by atoms with van der Waals surface area (Å²) >= 11 is 0. The van der Waals surface area contributed by atoms with E-state index in [-0.39, 0.29) is 22.9 Å². The van der Waals surface area contributed by atoms with E-state index in [2.05, 4.69) is 5.32 Å². The van der Waals surface area contributed by atoms with Gasteiger partial charge in [0.2, 0.25) is 15.9 Å². The van der Waals surface area contributed by atoms with Crippen LogP contribution in [0.15, 0.2) is 23.1 Å². The molecule has 1 N–H and O–H groups in total. The van der Waals surface area contributed by atoms with Crippen LogP contribution < -0.4 is 5.32 Å². The third-order valence-corrected chi connectivity index (χ3v) is 6.09. The van der Waals surface area contributed by atoms with E-state index >= 15 is 0 Å². The molecule has 0 saturated carbocycles. The van der Waals surface area contributed by atoms with Crippen molar-refractivity contribution in [3.8, 4) is 0 Å². The van der Waals surface area contributed by atoms with Crippen LogP contribution in [0.2, 0.25) is 0 Å². The largest absolute Gasteiger partial charge is 0.452 e. The zero-order valence-electron chi connectivity index (χ0n) is 16.8. The number of carbonyl (C=O) groups excluding carboxylic acids is 3. The number of ether oxygens (including phenoxy) is 1. The van der Waals surface area contributed by atoms with Gasteiger partial charge in [0, 0.05) is 27.2 Å². The van der Waals surface area contributed by atoms with E-state index in [1.165, 1.54) is 27.4 Å². The van der Waals surface area contributed by atoms with Crippen molar-refractivity contribution in [2.24, 2.45) is 0 Å². The highest BCUT2D eigenvalue weighted by Crippen LogP contribution is 2.20. The second-order valence-electron chi connectivity index (χ2n) is 6.21. The lowest BCUT2D eigenvalue weighted by Gasteiger charge is -2.19. The number of hydrogen-bond donors (Lipinski definition) is 1. The lowest BCUT2D eigenvalue weighted by Crippen LogP contribution is -2.38. The van der Waals surface area contributed by atoms with Crippen LogP contribution in [0.4, 0.5) is 0 Å². The van der Waals surface area contributed by atoms with Crippen molar-refractivity contribution < 1.29 is 27.5 Å². The molecule has 0 unspecified atom stereocenters. The molecule has 0 aliphatic rings. The number of carbonyl (C=O) groups is 3. The summed E-state index contributed by atoms with van der Waals surface area (Å²) < 4.78 is 31.5. The van der Waals surface area contributed by atoms with Gasteiger partial charge in [-0.25, -0.2) is 13.2 Å². The summed E-state index contributed by atoms with van der Waals surface area (Å²) in [5.74, 6) is -1.75. The Kier molecular flexibility index (Phi) is 8.58. The van der Waals surface area contributed by atoms with Gasteiger partial charge in [0.25, 0.3) is 5.91 Å². The first-order chi connectivity index (χ1) is 13.0. The van der Waals surface area contributed by atoms with Gasteiger partial charge >= 0.3 is 5.97 Å². The maximum Gasteiger partial charge on any atom is 0.338 e. The highest BCUT2D eigenvalue weighted by Gasteiger charge is 2.24. The van der Waals surface area contributed by atoms with Crippen molar-refractivity contribution in [1.29, 1.82) is 0 Å². The first-order valence-electron chi connectivity index (χ1n) is 8.79. The highest BCUT2D eigenvalue weighted by atomic mass is 32.2. The molecule has 0 spiro atoms. The number of likely N-dealkylation sites (N-methyl/N-ethyl adjacent to an activating group) is 1. The molecule has 1 rings (SSSR count). The van der Waals surface area contributed by atoms with Gasteiger partial charge in [-0.05, 0) is 24.6 Å². The van der Waals surface area contributed by atoms with Crippen LogP contribution in [0.5, 0.6) is 0 Å². The Morgan fingerprint density at radius 1 is 1.11 bits per heavy atom. The Morgan fingerprint density at radius 2 is 1.71 bits per heavy atom. The van der Waals surface area contributed by atoms with Crippen molar-refractivity contribution in [2.45, 2.75) is 25.7 Å². The molecule has 0 aliphatic heterocycles. The number of nitrogens with one attached hydrogen (secondary N) is 1. The number of aryl methyl sites for hydroxylation is 1. The summed E-state index contributed by atoms with van der Waals surface area (Å²) in [7, 11) is -0.623. The van der Waals surface area contributed by atoms with Crippen molar-refractivity contribution in [3.05, 3.63) is 29.3 Å². The lowest BCUT2D eigenvalue weighted by molar-refractivity contribution is -0.131. The van der Waals surface area contributed by atoms with Crippen molar-refractivity contribution >= 4 is 27.8 Å². The average Bonchev–Trinajstić information content (AvgIpc) is 2.64. The number of esters is 1. The molecule has 0 fully saturated rings. The quantitative estimate of drug-likeness (QED) is 0.586. The number of sulfonamides is 1. The SMILES string of the molecule is CCN(CC)S(=O)(=O)c1ccc(C)c(C(=O)OCC(=O)NCC(=O)N(C)C)c1. The molecule has 2 amide bonds. The number of nitrogens with zero attached hydrogens (tertiary/aromatic N) is 2. The minimum Gasteiger partial charge on any atom is -0.452 e. The third-order valence-electron chi connectivity index (χ3n) is 4.04. The van der Waals surface area contributed by atoms with Gasteiger partial charge in [-0.15, -0.1) is 0 Å². The van der Waals surface area contributed by atoms with Crippen LogP contribution in [0, 0.1) is 6.92 Å². The molecule has 0 aromatic heterocycles. The first kappa shape index (κ1) is 23.6. The second kappa shape index (κ2) is 10.2. The van der Waals surface area contributed by atoms with E-state index < -0.39 is 28.5 Å². The molecule has 10 heteroatoms. The maximum atomic E-state index is 12.6. The minimum atomic E-state index is -3.73. The van der Waals surface area contributed by atoms with Gasteiger partial charge in [0.15, 0.2) is 6.61 Å². The maximum absolute atomic E-state index is 12.6. The van der Waals surface area contributed by atoms with Gasteiger partial charge < -0.3 is 15.0 Å². The Morgan fingerprint density at radius 3 is 2.25 bits per heavy atom. The first-order valence-corrected chi connectivity index (χ1v) is 10.2. The van der Waals surface area contributed by atoms with Crippen LogP contribution in [0.1, 0.15) is 29.8 Å². The average molecular weight is 413 g/mol. The van der Waals surface area contributed by atoms with E-state index in [1.54, 1.807) is 34.9 Å². The van der Waals surface area contributed by atoms with Gasteiger partial charge in [-0.2, -0.15) is 4.31 Å². The van der Waals surface area contributed by atoms with Crippen LogP contribution in [0.25, 0.3) is 0 Å². The Hall–Kier alpha value is -2.46. The van der Waals surface area contributed by atoms with Gasteiger partial charge in [-0.1, -0.05) is 19.9 Å². The predicted octanol–water partition coefficient (Wildman–Crippen LogP) is 0.387. The monoisotopic (exact) mass is 413 g/mol. The number of rotatable bonds is 9. The molecular weight excluding hydrogens is 386 g/mol. The predicted molar refractivity (Wildman–Crippen MR) is 103 cm³/mol. The normalized spacial score (nSPS) is 11.2. The van der Waals surface area contributed by atoms with Crippen LogP contribution in [-0.4, -0.2) is 75.7 Å². The summed E-state index contributed by atoms with van der Waals surface area (Å²) in [5, 5.41) is 2.34. The topological polar surface area (TPSA) is 113 Å². The molecule has 1 aromatic rings. The van der Waals surface area contributed by atoms with E-state index in [4.69, 9.17) is 4.74 Å². The molecule has 28 heavy (non-hydrogen) atoms. The number of amides is 2. The molecule has 0 heterocycles. The Balaban J connectivity index is 2.86. The molecule has 156 valence electrons. The minimum absolute atomic E-state index is 0.0187. The fourth-order valence-electron chi connectivity index (χ4n) is 2.29. The highest BCUT2D eigenvalue weighted by molar-refractivity contribution is 7.89. The molecule has 0 atom stereocenters. The van der Waals surface area contributed by atoms with Crippen LogP contribution in [0.3, 0.4) is 0 Å². The fourth-order valence-corrected chi connectivity index (χ4v) is 3.77. The molecule has 0 saturated heterocycles. The smallest absolute Gasteiger partial charge is 0.338 e. The van der Waals surface area contributed by atoms with E-state index in [0.717, 1.165) is 0 Å². The fraction of sp³-hybridized carbons (Fsp3) is 0.500. The van der Waals surface area contributed by atoms with Gasteiger partial charge in [-0.3, -0.25) is 9.59 Å². The van der Waals surface area contributed by atoms with Crippen molar-refractivity contribution in [1.82, 2.24) is 14.5 Å². The standard InChI is InChI=1S/C18H27N3O6S/c1-6-21(7-2)28(25,26)14-9-8-13(3)15(10-14)18(24)27-12-16(22)19-11-17(23)20(4)5/h8-10H,6-7,11-12H2,1-5H3,(H,19,22). The lowest BCUT2D eigenvalue weighted by atomic mass is 10.1. The molecule has 0 aliphatic carbocycles. The van der Waals surface area contributed by atoms with Crippen LogP contribution >= 0.6 is 0 Å². The Labute approximate surface area is 165 Å². The summed E-state index contributed by atoms with van der Waals surface area (Å²) in [6.45, 7) is 4.91. The summed E-state index contributed by atoms with van der Waals surface area (Å²) in [5.41, 5.74) is 0.581. The van der Waals surface area contributed by atoms with Crippen molar-refractivity contribution in [2.75, 3.05) is 40.3 Å². The summed E-state index contributed by atoms with van der Waals surface area (Å²) in [6, 6.07) is 4.20. The molecule has 1 aromatic carbocycles. The number of benzene rings is 1. The van der Waals surface area contributed by atoms with Gasteiger partial charge in [0.05, 0.1) is 17.0 Å². The van der Waals surface area contributed by atoms with Crippen LogP contribution in [-0.2, 0) is 24.3 Å². The van der Waals surface area contributed by atoms with E-state index in [9.17, 15) is 22.8 Å². The molecular formula is C18H27N3O6S. The third kappa shape index (κ3) is 6.03. The molecule has 0 bridgehead atoms.